The van der Waals surface area contributed by atoms with Crippen LogP contribution in [0.2, 0.25) is 0 Å². The van der Waals surface area contributed by atoms with E-state index >= 15 is 0 Å². The fourth-order valence-electron chi connectivity index (χ4n) is 3.68. The first-order valence-corrected chi connectivity index (χ1v) is 11.5. The van der Waals surface area contributed by atoms with Gasteiger partial charge in [0.25, 0.3) is 5.91 Å². The number of rotatable bonds is 9. The number of anilines is 3. The summed E-state index contributed by atoms with van der Waals surface area (Å²) < 4.78 is 52.3. The number of carbonyl (C=O) groups is 1. The van der Waals surface area contributed by atoms with Crippen LogP contribution in [0.3, 0.4) is 0 Å². The van der Waals surface area contributed by atoms with Gasteiger partial charge in [0.05, 0.1) is 7.11 Å². The molecule has 36 heavy (non-hydrogen) atoms. The van der Waals surface area contributed by atoms with E-state index in [1.165, 1.54) is 20.3 Å². The SMILES string of the molecule is COc1cc(OC(F)(F)F)cc([C@@H](OC)C(=O)Nc2nnc(N[C@@H]3CCN(c4cccnn4)C3)s2)c1. The molecule has 1 aliphatic rings. The molecule has 0 aliphatic carbocycles. The van der Waals surface area contributed by atoms with Crippen molar-refractivity contribution in [2.45, 2.75) is 24.9 Å². The second-order valence-electron chi connectivity index (χ2n) is 7.66. The van der Waals surface area contributed by atoms with Crippen LogP contribution in [0.25, 0.3) is 0 Å². The van der Waals surface area contributed by atoms with E-state index in [0.29, 0.717) is 11.7 Å². The summed E-state index contributed by atoms with van der Waals surface area (Å²) in [6.45, 7) is 1.50. The Balaban J connectivity index is 1.39. The molecular formula is C21H22F3N7O4S. The highest BCUT2D eigenvalue weighted by Gasteiger charge is 2.32. The second kappa shape index (κ2) is 10.9. The highest BCUT2D eigenvalue weighted by molar-refractivity contribution is 7.19. The third-order valence-electron chi connectivity index (χ3n) is 5.20. The minimum Gasteiger partial charge on any atom is -0.497 e. The van der Waals surface area contributed by atoms with Crippen LogP contribution in [0.15, 0.2) is 36.5 Å². The molecule has 3 heterocycles. The first-order valence-electron chi connectivity index (χ1n) is 10.6. The number of hydrogen-bond donors (Lipinski definition) is 2. The summed E-state index contributed by atoms with van der Waals surface area (Å²) in [5.41, 5.74) is 0.103. The van der Waals surface area contributed by atoms with Crippen molar-refractivity contribution < 1.29 is 32.2 Å². The van der Waals surface area contributed by atoms with E-state index in [2.05, 4.69) is 40.7 Å². The normalized spacial score (nSPS) is 16.5. The predicted octanol–water partition coefficient (Wildman–Crippen LogP) is 3.25. The summed E-state index contributed by atoms with van der Waals surface area (Å²) in [6.07, 6.45) is -3.70. The predicted molar refractivity (Wildman–Crippen MR) is 124 cm³/mol. The Bertz CT molecular complexity index is 1180. The molecule has 192 valence electrons. The van der Waals surface area contributed by atoms with Gasteiger partial charge in [-0.1, -0.05) is 11.3 Å². The van der Waals surface area contributed by atoms with Crippen molar-refractivity contribution >= 4 is 33.3 Å². The van der Waals surface area contributed by atoms with Gasteiger partial charge in [0.15, 0.2) is 11.9 Å². The van der Waals surface area contributed by atoms with Crippen molar-refractivity contribution in [3.8, 4) is 11.5 Å². The number of nitrogens with one attached hydrogen (secondary N) is 2. The van der Waals surface area contributed by atoms with Crippen molar-refractivity contribution in [2.24, 2.45) is 0 Å². The molecule has 0 radical (unpaired) electrons. The Labute approximate surface area is 207 Å². The van der Waals surface area contributed by atoms with E-state index in [-0.39, 0.29) is 22.5 Å². The van der Waals surface area contributed by atoms with Crippen LogP contribution >= 0.6 is 11.3 Å². The molecule has 15 heteroatoms. The minimum absolute atomic E-state index is 0.0658. The molecular weight excluding hydrogens is 503 g/mol. The fraction of sp³-hybridized carbons (Fsp3) is 0.381. The van der Waals surface area contributed by atoms with E-state index in [9.17, 15) is 18.0 Å². The van der Waals surface area contributed by atoms with Crippen LogP contribution in [0.5, 0.6) is 11.5 Å². The van der Waals surface area contributed by atoms with Crippen LogP contribution < -0.4 is 25.0 Å². The Kier molecular flexibility index (Phi) is 7.69. The fourth-order valence-corrected chi connectivity index (χ4v) is 4.40. The third-order valence-corrected chi connectivity index (χ3v) is 5.97. The number of methoxy groups -OCH3 is 2. The molecule has 1 aromatic carbocycles. The Morgan fingerprint density at radius 3 is 2.64 bits per heavy atom. The van der Waals surface area contributed by atoms with Gasteiger partial charge in [0.2, 0.25) is 10.3 Å². The molecule has 0 unspecified atom stereocenters. The van der Waals surface area contributed by atoms with Crippen LogP contribution in [-0.4, -0.2) is 66.0 Å². The molecule has 0 bridgehead atoms. The Morgan fingerprint density at radius 1 is 1.17 bits per heavy atom. The summed E-state index contributed by atoms with van der Waals surface area (Å²) in [6, 6.07) is 7.30. The first-order chi connectivity index (χ1) is 17.2. The van der Waals surface area contributed by atoms with Gasteiger partial charge in [0.1, 0.15) is 11.5 Å². The van der Waals surface area contributed by atoms with Crippen molar-refractivity contribution in [3.63, 3.8) is 0 Å². The van der Waals surface area contributed by atoms with Gasteiger partial charge in [-0.25, -0.2) is 0 Å². The average Bonchev–Trinajstić information content (AvgIpc) is 3.48. The largest absolute Gasteiger partial charge is 0.573 e. The molecule has 1 saturated heterocycles. The number of ether oxygens (including phenoxy) is 3. The van der Waals surface area contributed by atoms with E-state index < -0.39 is 24.1 Å². The molecule has 2 N–H and O–H groups in total. The van der Waals surface area contributed by atoms with Gasteiger partial charge in [-0.15, -0.1) is 28.5 Å². The number of halogens is 3. The lowest BCUT2D eigenvalue weighted by atomic mass is 10.1. The molecule has 4 rings (SSSR count). The number of hydrogen-bond acceptors (Lipinski definition) is 11. The summed E-state index contributed by atoms with van der Waals surface area (Å²) >= 11 is 1.12. The van der Waals surface area contributed by atoms with Crippen molar-refractivity contribution in [1.29, 1.82) is 0 Å². The molecule has 3 aromatic rings. The van der Waals surface area contributed by atoms with Crippen LogP contribution in [-0.2, 0) is 9.53 Å². The van der Waals surface area contributed by atoms with E-state index in [0.717, 1.165) is 42.3 Å². The van der Waals surface area contributed by atoms with E-state index in [1.54, 1.807) is 6.20 Å². The molecule has 0 saturated carbocycles. The molecule has 1 aliphatic heterocycles. The van der Waals surface area contributed by atoms with Gasteiger partial charge < -0.3 is 24.4 Å². The maximum absolute atomic E-state index is 12.9. The number of amides is 1. The summed E-state index contributed by atoms with van der Waals surface area (Å²) in [7, 11) is 2.54. The topological polar surface area (TPSA) is 124 Å². The molecule has 2 aromatic heterocycles. The first kappa shape index (κ1) is 25.4. The Hall–Kier alpha value is -3.72. The Morgan fingerprint density at radius 2 is 1.94 bits per heavy atom. The molecule has 0 spiro atoms. The molecule has 2 atom stereocenters. The summed E-state index contributed by atoms with van der Waals surface area (Å²) in [4.78, 5) is 15.0. The minimum atomic E-state index is -4.91. The van der Waals surface area contributed by atoms with Crippen LogP contribution in [0.1, 0.15) is 18.1 Å². The quantitative estimate of drug-likeness (QED) is 0.430. The lowest BCUT2D eigenvalue weighted by Gasteiger charge is -2.17. The zero-order chi connectivity index (χ0) is 25.7. The maximum atomic E-state index is 12.9. The highest BCUT2D eigenvalue weighted by atomic mass is 32.1. The van der Waals surface area contributed by atoms with Crippen LogP contribution in [0.4, 0.5) is 29.3 Å². The van der Waals surface area contributed by atoms with Gasteiger partial charge in [-0.05, 0) is 36.2 Å². The number of aromatic nitrogens is 4. The molecule has 11 nitrogen and oxygen atoms in total. The monoisotopic (exact) mass is 525 g/mol. The van der Waals surface area contributed by atoms with Gasteiger partial charge >= 0.3 is 6.36 Å². The molecule has 1 amide bonds. The number of nitrogens with zero attached hydrogens (tertiary/aromatic N) is 5. The highest BCUT2D eigenvalue weighted by Crippen LogP contribution is 2.32. The zero-order valence-corrected chi connectivity index (χ0v) is 20.0. The summed E-state index contributed by atoms with van der Waals surface area (Å²) in [5.74, 6) is -0.336. The van der Waals surface area contributed by atoms with Crippen molar-refractivity contribution in [3.05, 3.63) is 42.1 Å². The number of carbonyl (C=O) groups excluding carboxylic acids is 1. The van der Waals surface area contributed by atoms with Gasteiger partial charge in [0, 0.05) is 38.5 Å². The second-order valence-corrected chi connectivity index (χ2v) is 8.64. The molecule has 1 fully saturated rings. The van der Waals surface area contributed by atoms with Crippen LogP contribution in [0, 0.1) is 0 Å². The van der Waals surface area contributed by atoms with E-state index in [4.69, 9.17) is 9.47 Å². The van der Waals surface area contributed by atoms with Gasteiger partial charge in [-0.3, -0.25) is 10.1 Å². The van der Waals surface area contributed by atoms with E-state index in [1.807, 2.05) is 12.1 Å². The standard InChI is InChI=1S/C21H22F3N7O4S/c1-33-14-8-12(9-15(10-14)35-21(22,23)24)17(34-2)18(32)27-20-30-29-19(36-20)26-13-5-7-31(11-13)16-4-3-6-25-28-16/h3-4,6,8-10,13,17H,5,7,11H2,1-2H3,(H,26,29)(H,27,30,32)/t13-,17-/m1/s1. The lowest BCUT2D eigenvalue weighted by molar-refractivity contribution is -0.274. The third kappa shape index (κ3) is 6.48. The van der Waals surface area contributed by atoms with Crippen molar-refractivity contribution in [1.82, 2.24) is 20.4 Å². The smallest absolute Gasteiger partial charge is 0.497 e. The van der Waals surface area contributed by atoms with Gasteiger partial charge in [-0.2, -0.15) is 5.10 Å². The number of alkyl halides is 3. The lowest BCUT2D eigenvalue weighted by Crippen LogP contribution is -2.26. The summed E-state index contributed by atoms with van der Waals surface area (Å²) in [5, 5.41) is 22.6. The maximum Gasteiger partial charge on any atom is 0.573 e. The number of benzene rings is 1. The van der Waals surface area contributed by atoms with Crippen molar-refractivity contribution in [2.75, 3.05) is 42.8 Å². The zero-order valence-electron chi connectivity index (χ0n) is 19.2. The average molecular weight is 526 g/mol.